The molecule has 1 aliphatic heterocycles. The summed E-state index contributed by atoms with van der Waals surface area (Å²) in [6.45, 7) is 0. The molecule has 2 heterocycles. The molecule has 0 N–H and O–H groups in total. The Morgan fingerprint density at radius 3 is 2.38 bits per heavy atom. The first-order valence-electron chi connectivity index (χ1n) is 9.68. The third kappa shape index (κ3) is 2.23. The Morgan fingerprint density at radius 2 is 1.62 bits per heavy atom. The van der Waals surface area contributed by atoms with Crippen LogP contribution in [0.25, 0.3) is 22.4 Å². The van der Waals surface area contributed by atoms with Crippen LogP contribution in [-0.2, 0) is 9.59 Å². The van der Waals surface area contributed by atoms with Gasteiger partial charge in [0, 0.05) is 5.56 Å². The van der Waals surface area contributed by atoms with Crippen molar-refractivity contribution >= 4 is 28.4 Å². The molecule has 142 valence electrons. The quantitative estimate of drug-likeness (QED) is 0.501. The summed E-state index contributed by atoms with van der Waals surface area (Å²) in [4.78, 5) is 44.1. The van der Waals surface area contributed by atoms with Crippen LogP contribution >= 0.6 is 0 Å². The van der Waals surface area contributed by atoms with Crippen LogP contribution in [0, 0.1) is 23.7 Å². The van der Waals surface area contributed by atoms with Crippen LogP contribution in [0.3, 0.4) is 0 Å². The molecule has 6 nitrogen and oxygen atoms in total. The third-order valence-electron chi connectivity index (χ3n) is 6.36. The maximum Gasteiger partial charge on any atom is 0.347 e. The summed E-state index contributed by atoms with van der Waals surface area (Å²) >= 11 is 0. The summed E-state index contributed by atoms with van der Waals surface area (Å²) in [5.41, 5.74) is 1.10. The zero-order valence-corrected chi connectivity index (χ0v) is 15.3. The first kappa shape index (κ1) is 16.4. The maximum atomic E-state index is 13.0. The Kier molecular flexibility index (Phi) is 3.25. The Morgan fingerprint density at radius 1 is 0.897 bits per heavy atom. The van der Waals surface area contributed by atoms with Crippen molar-refractivity contribution in [2.45, 2.75) is 6.42 Å². The number of imide groups is 1. The predicted molar refractivity (Wildman–Crippen MR) is 106 cm³/mol. The minimum absolute atomic E-state index is 0.137. The van der Waals surface area contributed by atoms with Crippen molar-refractivity contribution in [1.82, 2.24) is 4.98 Å². The molecule has 29 heavy (non-hydrogen) atoms. The van der Waals surface area contributed by atoms with Crippen molar-refractivity contribution in [3.8, 4) is 11.5 Å². The molecule has 0 spiro atoms. The average molecular weight is 384 g/mol. The highest BCUT2D eigenvalue weighted by Crippen LogP contribution is 2.53. The molecular formula is C23H16N2O4. The third-order valence-corrected chi connectivity index (χ3v) is 6.36. The van der Waals surface area contributed by atoms with Gasteiger partial charge in [-0.3, -0.25) is 9.59 Å². The number of para-hydroxylation sites is 1. The normalized spacial score (nSPS) is 27.2. The Hall–Kier alpha value is -3.54. The van der Waals surface area contributed by atoms with Crippen LogP contribution in [0.15, 0.2) is 69.9 Å². The van der Waals surface area contributed by atoms with Gasteiger partial charge in [0.1, 0.15) is 0 Å². The number of carbonyl (C=O) groups is 2. The van der Waals surface area contributed by atoms with Crippen molar-refractivity contribution in [1.29, 1.82) is 0 Å². The van der Waals surface area contributed by atoms with Crippen molar-refractivity contribution in [3.63, 3.8) is 0 Å². The van der Waals surface area contributed by atoms with Crippen LogP contribution in [0.4, 0.5) is 5.69 Å². The van der Waals surface area contributed by atoms with Gasteiger partial charge in [-0.05, 0) is 48.6 Å². The van der Waals surface area contributed by atoms with Crippen LogP contribution in [0.1, 0.15) is 6.42 Å². The molecule has 2 aromatic carbocycles. The van der Waals surface area contributed by atoms with E-state index in [9.17, 15) is 14.4 Å². The van der Waals surface area contributed by atoms with E-state index in [0.29, 0.717) is 22.2 Å². The van der Waals surface area contributed by atoms with Gasteiger partial charge in [-0.2, -0.15) is 0 Å². The molecule has 6 rings (SSSR count). The molecule has 2 fully saturated rings. The predicted octanol–water partition coefficient (Wildman–Crippen LogP) is 3.17. The van der Waals surface area contributed by atoms with E-state index in [0.717, 1.165) is 6.42 Å². The van der Waals surface area contributed by atoms with Crippen LogP contribution in [-0.4, -0.2) is 16.8 Å². The van der Waals surface area contributed by atoms with Gasteiger partial charge in [-0.15, -0.1) is 0 Å². The number of hydrogen-bond acceptors (Lipinski definition) is 5. The van der Waals surface area contributed by atoms with Gasteiger partial charge in [0.2, 0.25) is 17.7 Å². The number of fused-ring (bicyclic) bond motifs is 6. The van der Waals surface area contributed by atoms with E-state index in [1.165, 1.54) is 4.90 Å². The van der Waals surface area contributed by atoms with Crippen molar-refractivity contribution in [3.05, 3.63) is 71.1 Å². The number of hydrogen-bond donors (Lipinski definition) is 0. The van der Waals surface area contributed by atoms with Gasteiger partial charge >= 0.3 is 5.63 Å². The molecule has 0 unspecified atom stereocenters. The Bertz CT molecular complexity index is 1260. The topological polar surface area (TPSA) is 80.5 Å². The minimum Gasteiger partial charge on any atom is -0.403 e. The standard InChI is InChI=1S/C23H16N2O4/c26-21-18-12-8-9-13(10-12)19(18)22(27)25(21)15-5-3-4-14(11-15)20-24-17-7-2-1-6-16(17)23(28)29-20/h1-9,11-13,18-19H,10H2/t12-,13+,18-,19-/m0/s1. The first-order chi connectivity index (χ1) is 14.1. The molecule has 3 aromatic rings. The van der Waals surface area contributed by atoms with Gasteiger partial charge < -0.3 is 4.42 Å². The maximum absolute atomic E-state index is 13.0. The molecule has 6 heteroatoms. The lowest BCUT2D eigenvalue weighted by atomic mass is 9.85. The fourth-order valence-corrected chi connectivity index (χ4v) is 5.08. The summed E-state index contributed by atoms with van der Waals surface area (Å²) in [5, 5.41) is 0.410. The lowest BCUT2D eigenvalue weighted by molar-refractivity contribution is -0.123. The molecular weight excluding hydrogens is 368 g/mol. The van der Waals surface area contributed by atoms with E-state index in [4.69, 9.17) is 4.42 Å². The summed E-state index contributed by atoms with van der Waals surface area (Å²) in [7, 11) is 0. The van der Waals surface area contributed by atoms with Crippen LogP contribution < -0.4 is 10.5 Å². The number of allylic oxidation sites excluding steroid dienone is 2. The van der Waals surface area contributed by atoms with Crippen molar-refractivity contribution < 1.29 is 14.0 Å². The molecule has 2 bridgehead atoms. The summed E-state index contributed by atoms with van der Waals surface area (Å²) in [6.07, 6.45) is 5.04. The van der Waals surface area contributed by atoms with Gasteiger partial charge in [0.05, 0.1) is 28.4 Å². The van der Waals surface area contributed by atoms with E-state index in [1.807, 2.05) is 0 Å². The zero-order valence-electron chi connectivity index (χ0n) is 15.3. The molecule has 1 saturated heterocycles. The highest BCUT2D eigenvalue weighted by atomic mass is 16.4. The van der Waals surface area contributed by atoms with Gasteiger partial charge in [-0.1, -0.05) is 30.4 Å². The smallest absolute Gasteiger partial charge is 0.347 e. The molecule has 2 amide bonds. The second-order valence-corrected chi connectivity index (χ2v) is 7.89. The number of carbonyl (C=O) groups excluding carboxylic acids is 2. The highest BCUT2D eigenvalue weighted by Gasteiger charge is 2.59. The van der Waals surface area contributed by atoms with Crippen molar-refractivity contribution in [2.24, 2.45) is 23.7 Å². The highest BCUT2D eigenvalue weighted by molar-refractivity contribution is 6.23. The number of aromatic nitrogens is 1. The van der Waals surface area contributed by atoms with E-state index in [2.05, 4.69) is 17.1 Å². The van der Waals surface area contributed by atoms with Crippen molar-refractivity contribution in [2.75, 3.05) is 4.90 Å². The minimum atomic E-state index is -0.471. The van der Waals surface area contributed by atoms with E-state index >= 15 is 0 Å². The van der Waals surface area contributed by atoms with E-state index in [-0.39, 0.29) is 41.4 Å². The molecule has 2 aliphatic carbocycles. The second kappa shape index (κ2) is 5.73. The van der Waals surface area contributed by atoms with Gasteiger partial charge in [0.25, 0.3) is 0 Å². The molecule has 1 saturated carbocycles. The first-order valence-corrected chi connectivity index (χ1v) is 9.68. The molecule has 4 atom stereocenters. The zero-order chi connectivity index (χ0) is 19.7. The number of nitrogens with zero attached hydrogens (tertiary/aromatic N) is 2. The summed E-state index contributed by atoms with van der Waals surface area (Å²) in [6, 6.07) is 13.9. The van der Waals surface area contributed by atoms with Crippen LogP contribution in [0.2, 0.25) is 0 Å². The summed E-state index contributed by atoms with van der Waals surface area (Å²) in [5.74, 6) is -0.291. The van der Waals surface area contributed by atoms with Crippen LogP contribution in [0.5, 0.6) is 0 Å². The SMILES string of the molecule is O=C1[C@@H]2[C@@H](C(=O)N1c1cccc(-c3nc4ccccc4c(=O)o3)c1)[C@H]1C=C[C@@H]2C1. The van der Waals surface area contributed by atoms with Gasteiger partial charge in [0.15, 0.2) is 0 Å². The number of rotatable bonds is 2. The van der Waals surface area contributed by atoms with E-state index in [1.54, 1.807) is 48.5 Å². The van der Waals surface area contributed by atoms with Gasteiger partial charge in [-0.25, -0.2) is 14.7 Å². The molecule has 3 aliphatic rings. The van der Waals surface area contributed by atoms with E-state index < -0.39 is 5.63 Å². The summed E-state index contributed by atoms with van der Waals surface area (Å²) < 4.78 is 5.40. The average Bonchev–Trinajstić information content (AvgIpc) is 3.42. The fourth-order valence-electron chi connectivity index (χ4n) is 5.08. The lowest BCUT2D eigenvalue weighted by Crippen LogP contribution is -2.32. The molecule has 0 radical (unpaired) electrons. The Labute approximate surface area is 165 Å². The Balaban J connectivity index is 1.42. The largest absolute Gasteiger partial charge is 0.403 e. The lowest BCUT2D eigenvalue weighted by Gasteiger charge is -2.17. The monoisotopic (exact) mass is 384 g/mol. The molecule has 1 aromatic heterocycles. The number of benzene rings is 2. The fraction of sp³-hybridized carbons (Fsp3) is 0.217. The number of amides is 2. The number of anilines is 1. The second-order valence-electron chi connectivity index (χ2n) is 7.89.